The number of rotatable bonds is 2. The van der Waals surface area contributed by atoms with Gasteiger partial charge in [-0.15, -0.1) is 6.42 Å². The van der Waals surface area contributed by atoms with Crippen molar-refractivity contribution in [1.82, 2.24) is 9.55 Å². The standard InChI is InChI=1S/C11H12N2O6/c1-2-5-3-13(11(18)12-9(5)17)10-8(16)7(15)6(4-14)19-10/h1,3,6-8,10,14-16H,4H2,(H,12,17,18)/t6-,7+,8+,10-/m1/s1. The predicted octanol–water partition coefficient (Wildman–Crippen LogP) is -2.87. The first-order chi connectivity index (χ1) is 8.99. The summed E-state index contributed by atoms with van der Waals surface area (Å²) in [6.45, 7) is -0.519. The maximum atomic E-state index is 11.6. The van der Waals surface area contributed by atoms with Gasteiger partial charge in [0.15, 0.2) is 6.23 Å². The normalized spacial score (nSPS) is 30.2. The molecule has 2 rings (SSSR count). The van der Waals surface area contributed by atoms with Gasteiger partial charge in [-0.2, -0.15) is 0 Å². The molecule has 2 heterocycles. The van der Waals surface area contributed by atoms with Gasteiger partial charge in [0.05, 0.1) is 6.61 Å². The fourth-order valence-electron chi connectivity index (χ4n) is 1.89. The molecule has 0 radical (unpaired) electrons. The van der Waals surface area contributed by atoms with Crippen LogP contribution in [0.5, 0.6) is 0 Å². The smallest absolute Gasteiger partial charge is 0.330 e. The molecule has 0 spiro atoms. The lowest BCUT2D eigenvalue weighted by atomic mass is 10.1. The van der Waals surface area contributed by atoms with E-state index in [9.17, 15) is 19.8 Å². The zero-order valence-corrected chi connectivity index (χ0v) is 9.68. The van der Waals surface area contributed by atoms with Crippen LogP contribution in [0, 0.1) is 12.3 Å². The molecule has 0 unspecified atom stereocenters. The number of nitrogens with zero attached hydrogens (tertiary/aromatic N) is 1. The summed E-state index contributed by atoms with van der Waals surface area (Å²) in [4.78, 5) is 24.9. The van der Waals surface area contributed by atoms with Crippen molar-refractivity contribution < 1.29 is 20.1 Å². The lowest BCUT2D eigenvalue weighted by Gasteiger charge is -2.17. The quantitative estimate of drug-likeness (QED) is 0.427. The molecule has 0 saturated carbocycles. The monoisotopic (exact) mass is 268 g/mol. The van der Waals surface area contributed by atoms with Gasteiger partial charge in [0.25, 0.3) is 5.56 Å². The van der Waals surface area contributed by atoms with E-state index in [1.165, 1.54) is 0 Å². The zero-order chi connectivity index (χ0) is 14.2. The molecule has 19 heavy (non-hydrogen) atoms. The van der Waals surface area contributed by atoms with E-state index >= 15 is 0 Å². The molecule has 4 N–H and O–H groups in total. The van der Waals surface area contributed by atoms with Gasteiger partial charge in [-0.05, 0) is 0 Å². The summed E-state index contributed by atoms with van der Waals surface area (Å²) in [5, 5.41) is 28.3. The molecular weight excluding hydrogens is 256 g/mol. The summed E-state index contributed by atoms with van der Waals surface area (Å²) < 4.78 is 6.04. The third kappa shape index (κ3) is 2.20. The molecule has 8 heteroatoms. The van der Waals surface area contributed by atoms with E-state index in [-0.39, 0.29) is 5.56 Å². The molecule has 1 aromatic heterocycles. The molecule has 1 aliphatic heterocycles. The maximum absolute atomic E-state index is 11.6. The SMILES string of the molecule is C#Cc1cn([C@@H]2O[C@H](CO)[C@H](O)[C@@H]2O)c(=O)[nH]c1=O. The van der Waals surface area contributed by atoms with Crippen LogP contribution in [0.2, 0.25) is 0 Å². The number of ether oxygens (including phenoxy) is 1. The Morgan fingerprint density at radius 3 is 2.63 bits per heavy atom. The highest BCUT2D eigenvalue weighted by Gasteiger charge is 2.43. The number of aliphatic hydroxyl groups excluding tert-OH is 3. The number of terminal acetylenes is 1. The third-order valence-corrected chi connectivity index (χ3v) is 2.91. The van der Waals surface area contributed by atoms with Gasteiger partial charge < -0.3 is 20.1 Å². The molecule has 0 bridgehead atoms. The van der Waals surface area contributed by atoms with Crippen molar-refractivity contribution >= 4 is 0 Å². The summed E-state index contributed by atoms with van der Waals surface area (Å²) in [5.74, 6) is 2.09. The highest BCUT2D eigenvalue weighted by Crippen LogP contribution is 2.27. The molecule has 102 valence electrons. The van der Waals surface area contributed by atoms with Crippen molar-refractivity contribution in [2.75, 3.05) is 6.61 Å². The fourth-order valence-corrected chi connectivity index (χ4v) is 1.89. The number of aromatic nitrogens is 2. The fraction of sp³-hybridized carbons (Fsp3) is 0.455. The minimum absolute atomic E-state index is 0.114. The van der Waals surface area contributed by atoms with Gasteiger partial charge in [0.1, 0.15) is 23.9 Å². The second-order valence-electron chi connectivity index (χ2n) is 4.08. The van der Waals surface area contributed by atoms with Crippen LogP contribution in [0.1, 0.15) is 11.8 Å². The van der Waals surface area contributed by atoms with Gasteiger partial charge >= 0.3 is 5.69 Å². The largest absolute Gasteiger partial charge is 0.394 e. The second kappa shape index (κ2) is 4.99. The van der Waals surface area contributed by atoms with Crippen LogP contribution in [0.25, 0.3) is 0 Å². The Morgan fingerprint density at radius 1 is 1.42 bits per heavy atom. The number of H-pyrrole nitrogens is 1. The van der Waals surface area contributed by atoms with Crippen LogP contribution in [-0.2, 0) is 4.74 Å². The summed E-state index contributed by atoms with van der Waals surface area (Å²) in [6, 6.07) is 0. The van der Waals surface area contributed by atoms with E-state index < -0.39 is 42.4 Å². The topological polar surface area (TPSA) is 125 Å². The van der Waals surface area contributed by atoms with Crippen molar-refractivity contribution in [3.05, 3.63) is 32.6 Å². The number of hydrogen-bond donors (Lipinski definition) is 4. The first-order valence-electron chi connectivity index (χ1n) is 5.44. The van der Waals surface area contributed by atoms with Crippen LogP contribution in [0.4, 0.5) is 0 Å². The average Bonchev–Trinajstić information content (AvgIpc) is 2.67. The summed E-state index contributed by atoms with van der Waals surface area (Å²) in [6.07, 6.45) is 1.14. The highest BCUT2D eigenvalue weighted by atomic mass is 16.6. The molecule has 0 amide bonds. The second-order valence-corrected chi connectivity index (χ2v) is 4.08. The Morgan fingerprint density at radius 2 is 2.11 bits per heavy atom. The van der Waals surface area contributed by atoms with E-state index in [0.29, 0.717) is 0 Å². The van der Waals surface area contributed by atoms with Crippen molar-refractivity contribution in [2.45, 2.75) is 24.5 Å². The number of nitrogens with one attached hydrogen (secondary N) is 1. The number of aromatic amines is 1. The highest BCUT2D eigenvalue weighted by molar-refractivity contribution is 5.26. The average molecular weight is 268 g/mol. The molecule has 4 atom stereocenters. The lowest BCUT2D eigenvalue weighted by molar-refractivity contribution is -0.0550. The first-order valence-corrected chi connectivity index (χ1v) is 5.44. The van der Waals surface area contributed by atoms with E-state index in [0.717, 1.165) is 10.8 Å². The van der Waals surface area contributed by atoms with Crippen LogP contribution >= 0.6 is 0 Å². The van der Waals surface area contributed by atoms with Gasteiger partial charge in [0, 0.05) is 6.20 Å². The predicted molar refractivity (Wildman–Crippen MR) is 62.3 cm³/mol. The molecule has 0 aromatic carbocycles. The molecule has 1 aliphatic rings. The Hall–Kier alpha value is -1.92. The third-order valence-electron chi connectivity index (χ3n) is 2.91. The summed E-state index contributed by atoms with van der Waals surface area (Å²) >= 11 is 0. The van der Waals surface area contributed by atoms with Crippen LogP contribution in [0.15, 0.2) is 15.8 Å². The summed E-state index contributed by atoms with van der Waals surface area (Å²) in [7, 11) is 0. The zero-order valence-electron chi connectivity index (χ0n) is 9.68. The Bertz CT molecular complexity index is 627. The first kappa shape index (κ1) is 13.5. The molecular formula is C11H12N2O6. The van der Waals surface area contributed by atoms with Gasteiger partial charge in [-0.25, -0.2) is 4.79 Å². The Balaban J connectivity index is 2.46. The van der Waals surface area contributed by atoms with Crippen molar-refractivity contribution in [2.24, 2.45) is 0 Å². The minimum atomic E-state index is -1.42. The minimum Gasteiger partial charge on any atom is -0.394 e. The molecule has 1 saturated heterocycles. The molecule has 1 fully saturated rings. The Labute approximate surface area is 106 Å². The van der Waals surface area contributed by atoms with Crippen LogP contribution < -0.4 is 11.2 Å². The number of aliphatic hydroxyl groups is 3. The maximum Gasteiger partial charge on any atom is 0.330 e. The van der Waals surface area contributed by atoms with E-state index in [4.69, 9.17) is 16.3 Å². The lowest BCUT2D eigenvalue weighted by Crippen LogP contribution is -2.38. The van der Waals surface area contributed by atoms with Crippen LogP contribution in [-0.4, -0.2) is 49.8 Å². The van der Waals surface area contributed by atoms with Gasteiger partial charge in [-0.1, -0.05) is 5.92 Å². The van der Waals surface area contributed by atoms with E-state index in [1.807, 2.05) is 4.98 Å². The van der Waals surface area contributed by atoms with E-state index in [1.54, 1.807) is 0 Å². The molecule has 8 nitrogen and oxygen atoms in total. The van der Waals surface area contributed by atoms with Crippen molar-refractivity contribution in [3.63, 3.8) is 0 Å². The molecule has 0 aliphatic carbocycles. The van der Waals surface area contributed by atoms with Crippen LogP contribution in [0.3, 0.4) is 0 Å². The number of hydrogen-bond acceptors (Lipinski definition) is 6. The van der Waals surface area contributed by atoms with Gasteiger partial charge in [0.2, 0.25) is 0 Å². The summed E-state index contributed by atoms with van der Waals surface area (Å²) in [5.41, 5.74) is -1.67. The molecule has 1 aromatic rings. The van der Waals surface area contributed by atoms with Crippen molar-refractivity contribution in [1.29, 1.82) is 0 Å². The Kier molecular flexibility index (Phi) is 3.55. The van der Waals surface area contributed by atoms with Gasteiger partial charge in [-0.3, -0.25) is 14.3 Å². The van der Waals surface area contributed by atoms with E-state index in [2.05, 4.69) is 5.92 Å². The van der Waals surface area contributed by atoms with Crippen molar-refractivity contribution in [3.8, 4) is 12.3 Å².